The summed E-state index contributed by atoms with van der Waals surface area (Å²) < 4.78 is 10.4. The first kappa shape index (κ1) is 19.9. The zero-order valence-corrected chi connectivity index (χ0v) is 16.9. The van der Waals surface area contributed by atoms with Crippen LogP contribution in [-0.4, -0.2) is 32.6 Å². The number of hydrogen-bond acceptors (Lipinski definition) is 4. The van der Waals surface area contributed by atoms with Gasteiger partial charge < -0.3 is 20.1 Å². The molecule has 28 heavy (non-hydrogen) atoms. The van der Waals surface area contributed by atoms with Crippen molar-refractivity contribution in [2.75, 3.05) is 31.5 Å². The van der Waals surface area contributed by atoms with Crippen LogP contribution in [0.1, 0.15) is 40.2 Å². The van der Waals surface area contributed by atoms with Crippen LogP contribution in [0.25, 0.3) is 0 Å². The first-order valence-corrected chi connectivity index (χ1v) is 9.22. The van der Waals surface area contributed by atoms with E-state index < -0.39 is 0 Å². The van der Waals surface area contributed by atoms with Crippen LogP contribution in [0.2, 0.25) is 0 Å². The molecule has 1 heterocycles. The fourth-order valence-electron chi connectivity index (χ4n) is 3.71. The van der Waals surface area contributed by atoms with Crippen LogP contribution in [0.3, 0.4) is 0 Å². The summed E-state index contributed by atoms with van der Waals surface area (Å²) in [5, 5.41) is 5.69. The Hall–Kier alpha value is -2.86. The summed E-state index contributed by atoms with van der Waals surface area (Å²) >= 11 is 0. The molecular formula is C22H26N2O4. The first-order valence-electron chi connectivity index (χ1n) is 9.22. The van der Waals surface area contributed by atoms with Crippen molar-refractivity contribution in [3.8, 4) is 5.75 Å². The van der Waals surface area contributed by atoms with Gasteiger partial charge in [0.15, 0.2) is 0 Å². The zero-order chi connectivity index (χ0) is 20.4. The lowest BCUT2D eigenvalue weighted by Gasteiger charge is -2.29. The lowest BCUT2D eigenvalue weighted by molar-refractivity contribution is -0.119. The van der Waals surface area contributed by atoms with Crippen LogP contribution in [0.4, 0.5) is 11.4 Å². The van der Waals surface area contributed by atoms with E-state index in [2.05, 4.69) is 43.5 Å². The summed E-state index contributed by atoms with van der Waals surface area (Å²) in [4.78, 5) is 24.3. The van der Waals surface area contributed by atoms with Gasteiger partial charge in [-0.3, -0.25) is 9.59 Å². The monoisotopic (exact) mass is 382 g/mol. The molecule has 0 aliphatic carbocycles. The third kappa shape index (κ3) is 3.87. The summed E-state index contributed by atoms with van der Waals surface area (Å²) in [5.74, 6) is 0.144. The molecule has 2 aromatic carbocycles. The maximum Gasteiger partial charge on any atom is 0.250 e. The molecule has 1 aliphatic heterocycles. The first-order chi connectivity index (χ1) is 13.3. The van der Waals surface area contributed by atoms with Crippen LogP contribution in [-0.2, 0) is 14.3 Å². The SMILES string of the molecule is COCC(=O)Nc1cc2c(cc1OC)C(c1cc(C)c(C)cc1C)CC(=O)N2. The fraction of sp³-hybridized carbons (Fsp3) is 0.364. The van der Waals surface area contributed by atoms with Crippen LogP contribution in [0.5, 0.6) is 5.75 Å². The quantitative estimate of drug-likeness (QED) is 0.827. The second-order valence-electron chi connectivity index (χ2n) is 7.22. The average Bonchev–Trinajstić information content (AvgIpc) is 2.63. The Morgan fingerprint density at radius 2 is 1.79 bits per heavy atom. The van der Waals surface area contributed by atoms with Crippen molar-refractivity contribution < 1.29 is 19.1 Å². The van der Waals surface area contributed by atoms with Crippen molar-refractivity contribution in [1.29, 1.82) is 0 Å². The number of amides is 2. The molecule has 0 fully saturated rings. The highest BCUT2D eigenvalue weighted by Crippen LogP contribution is 2.43. The predicted molar refractivity (Wildman–Crippen MR) is 109 cm³/mol. The van der Waals surface area contributed by atoms with Crippen molar-refractivity contribution in [2.24, 2.45) is 0 Å². The van der Waals surface area contributed by atoms with E-state index in [1.165, 1.54) is 18.2 Å². The molecule has 1 unspecified atom stereocenters. The predicted octanol–water partition coefficient (Wildman–Crippen LogP) is 3.68. The van der Waals surface area contributed by atoms with Gasteiger partial charge in [-0.05, 0) is 60.7 Å². The van der Waals surface area contributed by atoms with E-state index in [0.717, 1.165) is 16.7 Å². The summed E-state index contributed by atoms with van der Waals surface area (Å²) in [6.45, 7) is 6.18. The molecule has 2 amide bonds. The highest BCUT2D eigenvalue weighted by Gasteiger charge is 2.29. The molecule has 6 heteroatoms. The third-order valence-electron chi connectivity index (χ3n) is 5.22. The lowest BCUT2D eigenvalue weighted by Crippen LogP contribution is -2.25. The number of benzene rings is 2. The van der Waals surface area contributed by atoms with E-state index in [1.807, 2.05) is 6.07 Å². The number of carbonyl (C=O) groups excluding carboxylic acids is 2. The Kier molecular flexibility index (Phi) is 5.70. The van der Waals surface area contributed by atoms with E-state index in [0.29, 0.717) is 23.5 Å². The maximum atomic E-state index is 12.4. The molecule has 0 bridgehead atoms. The van der Waals surface area contributed by atoms with E-state index in [9.17, 15) is 9.59 Å². The van der Waals surface area contributed by atoms with Crippen LogP contribution >= 0.6 is 0 Å². The number of methoxy groups -OCH3 is 2. The van der Waals surface area contributed by atoms with E-state index in [4.69, 9.17) is 9.47 Å². The molecule has 3 rings (SSSR count). The van der Waals surface area contributed by atoms with Crippen molar-refractivity contribution in [2.45, 2.75) is 33.1 Å². The summed E-state index contributed by atoms with van der Waals surface area (Å²) in [6, 6.07) is 7.98. The van der Waals surface area contributed by atoms with Gasteiger partial charge in [-0.15, -0.1) is 0 Å². The smallest absolute Gasteiger partial charge is 0.250 e. The Balaban J connectivity index is 2.09. The van der Waals surface area contributed by atoms with E-state index >= 15 is 0 Å². The standard InChI is InChI=1S/C22H26N2O4/c1-12-6-14(3)15(7-13(12)2)16-9-21(25)23-18-10-19(24-22(26)11-27-4)20(28-5)8-17(16)18/h6-8,10,16H,9,11H2,1-5H3,(H,23,25)(H,24,26). The Morgan fingerprint density at radius 1 is 1.07 bits per heavy atom. The molecule has 6 nitrogen and oxygen atoms in total. The minimum atomic E-state index is -0.288. The van der Waals surface area contributed by atoms with E-state index in [1.54, 1.807) is 13.2 Å². The number of carbonyl (C=O) groups is 2. The molecule has 0 spiro atoms. The highest BCUT2D eigenvalue weighted by atomic mass is 16.5. The van der Waals surface area contributed by atoms with Gasteiger partial charge in [-0.25, -0.2) is 0 Å². The number of ether oxygens (including phenoxy) is 2. The Morgan fingerprint density at radius 3 is 2.46 bits per heavy atom. The zero-order valence-electron chi connectivity index (χ0n) is 16.9. The topological polar surface area (TPSA) is 76.7 Å². The largest absolute Gasteiger partial charge is 0.495 e. The van der Waals surface area contributed by atoms with Gasteiger partial charge in [0.2, 0.25) is 11.8 Å². The van der Waals surface area contributed by atoms with Crippen molar-refractivity contribution in [3.63, 3.8) is 0 Å². The van der Waals surface area contributed by atoms with Gasteiger partial charge >= 0.3 is 0 Å². The van der Waals surface area contributed by atoms with Gasteiger partial charge in [0.05, 0.1) is 12.8 Å². The third-order valence-corrected chi connectivity index (χ3v) is 5.22. The number of hydrogen-bond donors (Lipinski definition) is 2. The second kappa shape index (κ2) is 8.02. The van der Waals surface area contributed by atoms with Gasteiger partial charge in [-0.2, -0.15) is 0 Å². The molecule has 148 valence electrons. The van der Waals surface area contributed by atoms with Crippen LogP contribution < -0.4 is 15.4 Å². The van der Waals surface area contributed by atoms with Gasteiger partial charge in [0.1, 0.15) is 12.4 Å². The van der Waals surface area contributed by atoms with Crippen molar-refractivity contribution in [3.05, 3.63) is 52.1 Å². The minimum absolute atomic E-state index is 0.0468. The molecule has 0 saturated carbocycles. The van der Waals surface area contributed by atoms with Gasteiger partial charge in [0, 0.05) is 25.1 Å². The van der Waals surface area contributed by atoms with E-state index in [-0.39, 0.29) is 24.3 Å². The molecule has 0 saturated heterocycles. The summed E-state index contributed by atoms with van der Waals surface area (Å²) in [7, 11) is 3.02. The highest BCUT2D eigenvalue weighted by molar-refractivity contribution is 5.99. The number of rotatable bonds is 5. The molecule has 0 aromatic heterocycles. The van der Waals surface area contributed by atoms with Crippen LogP contribution in [0.15, 0.2) is 24.3 Å². The summed E-state index contributed by atoms with van der Waals surface area (Å²) in [5.41, 5.74) is 6.89. The Labute approximate surface area is 165 Å². The van der Waals surface area contributed by atoms with Crippen molar-refractivity contribution >= 4 is 23.2 Å². The maximum absolute atomic E-state index is 12.4. The Bertz CT molecular complexity index is 937. The fourth-order valence-corrected chi connectivity index (χ4v) is 3.71. The number of fused-ring (bicyclic) bond motifs is 1. The molecular weight excluding hydrogens is 356 g/mol. The number of nitrogens with one attached hydrogen (secondary N) is 2. The van der Waals surface area contributed by atoms with Crippen molar-refractivity contribution in [1.82, 2.24) is 0 Å². The van der Waals surface area contributed by atoms with Gasteiger partial charge in [0.25, 0.3) is 0 Å². The molecule has 0 radical (unpaired) electrons. The summed E-state index contributed by atoms with van der Waals surface area (Å²) in [6.07, 6.45) is 0.370. The lowest BCUT2D eigenvalue weighted by atomic mass is 9.81. The molecule has 1 atom stereocenters. The molecule has 2 aromatic rings. The second-order valence-corrected chi connectivity index (χ2v) is 7.22. The number of anilines is 2. The average molecular weight is 382 g/mol. The van der Waals surface area contributed by atoms with Crippen LogP contribution in [0, 0.1) is 20.8 Å². The molecule has 2 N–H and O–H groups in total. The van der Waals surface area contributed by atoms with Gasteiger partial charge in [-0.1, -0.05) is 12.1 Å². The normalized spacial score (nSPS) is 15.6. The molecule has 1 aliphatic rings. The number of aryl methyl sites for hydroxylation is 3. The minimum Gasteiger partial charge on any atom is -0.495 e.